The summed E-state index contributed by atoms with van der Waals surface area (Å²) in [5, 5.41) is 9.15. The zero-order valence-corrected chi connectivity index (χ0v) is 37.7. The van der Waals surface area contributed by atoms with Gasteiger partial charge in [0.25, 0.3) is 11.8 Å². The van der Waals surface area contributed by atoms with Crippen molar-refractivity contribution in [2.24, 2.45) is 18.9 Å². The van der Waals surface area contributed by atoms with Crippen molar-refractivity contribution in [3.05, 3.63) is 107 Å². The number of rotatable bonds is 10. The minimum Gasteiger partial charge on any atom is -0.370 e. The second-order valence-corrected chi connectivity index (χ2v) is 18.4. The van der Waals surface area contributed by atoms with Gasteiger partial charge in [-0.05, 0) is 130 Å². The van der Waals surface area contributed by atoms with Gasteiger partial charge in [0.15, 0.2) is 5.69 Å². The number of halogens is 1. The van der Waals surface area contributed by atoms with Crippen LogP contribution in [0.3, 0.4) is 0 Å². The van der Waals surface area contributed by atoms with Crippen molar-refractivity contribution in [1.82, 2.24) is 29.3 Å². The topological polar surface area (TPSA) is 173 Å². The molecule has 1 atom stereocenters. The Hall–Kier alpha value is -7.10. The number of imide groups is 1. The molecule has 0 radical (unpaired) electrons. The van der Waals surface area contributed by atoms with E-state index in [4.69, 9.17) is 0 Å². The maximum absolute atomic E-state index is 15.3. The van der Waals surface area contributed by atoms with Crippen LogP contribution in [-0.2, 0) is 28.0 Å². The lowest BCUT2D eigenvalue weighted by atomic mass is 9.74. The molecule has 67 heavy (non-hydrogen) atoms. The molecule has 4 fully saturated rings. The van der Waals surface area contributed by atoms with Gasteiger partial charge in [-0.2, -0.15) is 0 Å². The van der Waals surface area contributed by atoms with Crippen molar-refractivity contribution in [2.75, 3.05) is 34.8 Å². The SMILES string of the molecule is CCn1c(-c2ccc(N3CCCC3=O)cc2)cc2ccnc(C(=O)Nc3ccc(F)c(C(=O)NC4CCC(C5CCN(c6cccc7c6n(C)c(=O)n7C6CCC(=O)NC6=O)CC5)CC4)c3)c21. The lowest BCUT2D eigenvalue weighted by Crippen LogP contribution is -2.44. The first-order valence-corrected chi connectivity index (χ1v) is 23.6. The fourth-order valence-electron chi connectivity index (χ4n) is 11.2. The van der Waals surface area contributed by atoms with Crippen LogP contribution in [0, 0.1) is 17.7 Å². The largest absolute Gasteiger partial charge is 0.370 e. The second-order valence-electron chi connectivity index (χ2n) is 18.4. The molecule has 0 bridgehead atoms. The lowest BCUT2D eigenvalue weighted by Gasteiger charge is -2.40. The molecule has 1 saturated carbocycles. The summed E-state index contributed by atoms with van der Waals surface area (Å²) in [5.74, 6) is -1.33. The number of fused-ring (bicyclic) bond motifs is 2. The number of benzene rings is 3. The Morgan fingerprint density at radius 3 is 2.30 bits per heavy atom. The van der Waals surface area contributed by atoms with Crippen molar-refractivity contribution in [3.63, 3.8) is 0 Å². The third kappa shape index (κ3) is 8.16. The molecular weight excluding hydrogens is 854 g/mol. The van der Waals surface area contributed by atoms with Crippen LogP contribution in [0.1, 0.15) is 98.0 Å². The monoisotopic (exact) mass is 907 g/mol. The average Bonchev–Trinajstić information content (AvgIpc) is 4.02. The van der Waals surface area contributed by atoms with Gasteiger partial charge in [0.1, 0.15) is 11.9 Å². The molecule has 1 aliphatic carbocycles. The third-order valence-corrected chi connectivity index (χ3v) is 14.6. The number of nitrogens with zero attached hydrogens (tertiary/aromatic N) is 6. The van der Waals surface area contributed by atoms with Gasteiger partial charge in [-0.3, -0.25) is 38.4 Å². The van der Waals surface area contributed by atoms with Crippen LogP contribution in [0.5, 0.6) is 0 Å². The standard InChI is InChI=1S/C51H54FN9O6/c1-3-59-42(32-11-16-36(17-12-32)60-25-5-8-44(60)63)28-33-21-24-53-45(46(33)59)50(66)55-35-15-18-38(52)37(29-35)48(64)54-34-13-9-30(10-14-34)31-22-26-58(27-23-31)39-6-4-7-40-47(39)57(2)51(67)61(40)41-19-20-43(62)56-49(41)65/h4,6-7,11-12,15-18,21,24,28-31,34,41H,3,5,8-10,13-14,19-20,22-23,25-27H2,1-2H3,(H,54,64)(H,55,66)(H,56,62,65). The predicted molar refractivity (Wildman–Crippen MR) is 254 cm³/mol. The number of amides is 5. The molecule has 3 aliphatic heterocycles. The molecular formula is C51H54FN9O6. The Bertz CT molecular complexity index is 3010. The summed E-state index contributed by atoms with van der Waals surface area (Å²) >= 11 is 0. The van der Waals surface area contributed by atoms with Crippen molar-refractivity contribution in [3.8, 4) is 11.3 Å². The van der Waals surface area contributed by atoms with Crippen LogP contribution in [-0.4, -0.2) is 73.9 Å². The average molecular weight is 908 g/mol. The number of aryl methyl sites for hydroxylation is 2. The van der Waals surface area contributed by atoms with Crippen LogP contribution >= 0.6 is 0 Å². The number of hydrogen-bond donors (Lipinski definition) is 3. The molecule has 5 amide bonds. The third-order valence-electron chi connectivity index (χ3n) is 14.6. The van der Waals surface area contributed by atoms with Crippen molar-refractivity contribution in [1.29, 1.82) is 0 Å². The Labute approximate surface area is 386 Å². The Morgan fingerprint density at radius 1 is 0.821 bits per heavy atom. The molecule has 16 heteroatoms. The van der Waals surface area contributed by atoms with Gasteiger partial charge in [-0.15, -0.1) is 0 Å². The van der Waals surface area contributed by atoms with Crippen LogP contribution in [0.25, 0.3) is 33.2 Å². The van der Waals surface area contributed by atoms with Gasteiger partial charge in [0.2, 0.25) is 17.7 Å². The molecule has 6 aromatic rings. The van der Waals surface area contributed by atoms with Crippen molar-refractivity contribution < 1.29 is 28.4 Å². The molecule has 10 rings (SSSR count). The number of anilines is 3. The van der Waals surface area contributed by atoms with Gasteiger partial charge < -0.3 is 25.0 Å². The Balaban J connectivity index is 0.757. The summed E-state index contributed by atoms with van der Waals surface area (Å²) in [5.41, 5.74) is 5.82. The van der Waals surface area contributed by atoms with Gasteiger partial charge >= 0.3 is 5.69 Å². The molecule has 3 N–H and O–H groups in total. The van der Waals surface area contributed by atoms with E-state index in [0.717, 1.165) is 91.6 Å². The summed E-state index contributed by atoms with van der Waals surface area (Å²) in [6.45, 7) is 4.91. The van der Waals surface area contributed by atoms with E-state index in [0.29, 0.717) is 42.4 Å². The quantitative estimate of drug-likeness (QED) is 0.122. The van der Waals surface area contributed by atoms with Gasteiger partial charge in [-0.25, -0.2) is 14.2 Å². The molecule has 1 unspecified atom stereocenters. The molecule has 3 aromatic carbocycles. The molecule has 346 valence electrons. The maximum Gasteiger partial charge on any atom is 0.329 e. The number of carbonyl (C=O) groups excluding carboxylic acids is 5. The Kier molecular flexibility index (Phi) is 11.7. The van der Waals surface area contributed by atoms with Crippen LogP contribution in [0.2, 0.25) is 0 Å². The summed E-state index contributed by atoms with van der Waals surface area (Å²) in [7, 11) is 1.73. The minimum absolute atomic E-state index is 0.106. The lowest BCUT2D eigenvalue weighted by molar-refractivity contribution is -0.135. The van der Waals surface area contributed by atoms with E-state index in [1.54, 1.807) is 22.7 Å². The predicted octanol–water partition coefficient (Wildman–Crippen LogP) is 7.08. The fourth-order valence-corrected chi connectivity index (χ4v) is 11.2. The first-order chi connectivity index (χ1) is 32.5. The number of nitrogens with one attached hydrogen (secondary N) is 3. The highest BCUT2D eigenvalue weighted by Crippen LogP contribution is 2.39. The smallest absolute Gasteiger partial charge is 0.329 e. The molecule has 4 aliphatic rings. The zero-order valence-electron chi connectivity index (χ0n) is 37.7. The van der Waals surface area contributed by atoms with E-state index in [1.165, 1.54) is 22.8 Å². The van der Waals surface area contributed by atoms with Crippen LogP contribution < -0.4 is 31.4 Å². The van der Waals surface area contributed by atoms with E-state index in [9.17, 15) is 28.8 Å². The van der Waals surface area contributed by atoms with E-state index < -0.39 is 29.6 Å². The zero-order chi connectivity index (χ0) is 46.5. The fraction of sp³-hybridized carbons (Fsp3) is 0.392. The van der Waals surface area contributed by atoms with E-state index in [2.05, 4.69) is 25.8 Å². The second kappa shape index (κ2) is 17.9. The molecule has 3 saturated heterocycles. The number of aromatic nitrogens is 4. The minimum atomic E-state index is -0.738. The van der Waals surface area contributed by atoms with Crippen molar-refractivity contribution >= 4 is 68.5 Å². The number of para-hydroxylation sites is 1. The normalized spacial score (nSPS) is 20.5. The molecule has 0 spiro atoms. The summed E-state index contributed by atoms with van der Waals surface area (Å²) < 4.78 is 20.5. The van der Waals surface area contributed by atoms with Gasteiger partial charge in [-0.1, -0.05) is 18.2 Å². The molecule has 15 nitrogen and oxygen atoms in total. The van der Waals surface area contributed by atoms with Crippen LogP contribution in [0.15, 0.2) is 83.8 Å². The highest BCUT2D eigenvalue weighted by Gasteiger charge is 2.35. The first kappa shape index (κ1) is 43.8. The first-order valence-electron chi connectivity index (χ1n) is 23.6. The summed E-state index contributed by atoms with van der Waals surface area (Å²) in [4.78, 5) is 86.5. The Morgan fingerprint density at radius 2 is 1.58 bits per heavy atom. The number of imidazole rings is 1. The number of pyridine rings is 1. The molecule has 6 heterocycles. The van der Waals surface area contributed by atoms with E-state index in [1.807, 2.05) is 66.1 Å². The number of hydrogen-bond acceptors (Lipinski definition) is 8. The van der Waals surface area contributed by atoms with Gasteiger partial charge in [0, 0.05) is 80.8 Å². The molecule has 3 aromatic heterocycles. The van der Waals surface area contributed by atoms with E-state index in [-0.39, 0.29) is 53.3 Å². The van der Waals surface area contributed by atoms with Crippen LogP contribution in [0.4, 0.5) is 21.5 Å². The van der Waals surface area contributed by atoms with Gasteiger partial charge in [0.05, 0.1) is 27.8 Å². The maximum atomic E-state index is 15.3. The summed E-state index contributed by atoms with van der Waals surface area (Å²) in [6.07, 6.45) is 8.87. The van der Waals surface area contributed by atoms with E-state index >= 15 is 4.39 Å². The highest BCUT2D eigenvalue weighted by molar-refractivity contribution is 6.12. The number of piperidine rings is 2. The summed E-state index contributed by atoms with van der Waals surface area (Å²) in [6, 6.07) is 20.7. The number of carbonyl (C=O) groups is 5. The highest BCUT2D eigenvalue weighted by atomic mass is 19.1. The van der Waals surface area contributed by atoms with Crippen molar-refractivity contribution in [2.45, 2.75) is 89.8 Å².